The first-order valence-electron chi connectivity index (χ1n) is 6.79. The summed E-state index contributed by atoms with van der Waals surface area (Å²) in [5.41, 5.74) is 4.34. The van der Waals surface area contributed by atoms with Crippen LogP contribution in [0.4, 0.5) is 5.69 Å². The molecule has 0 bridgehead atoms. The molecule has 0 spiro atoms. The average molecular weight is 278 g/mol. The number of carbonyl (C=O) groups is 1. The van der Waals surface area contributed by atoms with Crippen molar-refractivity contribution in [2.24, 2.45) is 0 Å². The molecule has 0 aliphatic heterocycles. The summed E-state index contributed by atoms with van der Waals surface area (Å²) < 4.78 is 0. The summed E-state index contributed by atoms with van der Waals surface area (Å²) in [7, 11) is 0. The maximum atomic E-state index is 12.3. The number of aryl methyl sites for hydroxylation is 2. The van der Waals surface area contributed by atoms with E-state index in [0.717, 1.165) is 41.8 Å². The van der Waals surface area contributed by atoms with E-state index in [0.29, 0.717) is 0 Å². The number of allylic oxidation sites excluding steroid dienone is 2. The van der Waals surface area contributed by atoms with Gasteiger partial charge in [0, 0.05) is 5.70 Å². The highest BCUT2D eigenvalue weighted by molar-refractivity contribution is 6.29. The first kappa shape index (κ1) is 14.1. The number of carbonyl (C=O) groups excluding carboxylic acids is 1. The molecule has 19 heavy (non-hydrogen) atoms. The Morgan fingerprint density at radius 1 is 1.26 bits per heavy atom. The maximum absolute atomic E-state index is 12.3. The second-order valence-corrected chi connectivity index (χ2v) is 5.31. The van der Waals surface area contributed by atoms with Crippen LogP contribution in [0.1, 0.15) is 36.8 Å². The van der Waals surface area contributed by atoms with Gasteiger partial charge in [0.25, 0.3) is 0 Å². The molecular formula is C16H20ClNO. The van der Waals surface area contributed by atoms with Crippen molar-refractivity contribution in [1.29, 1.82) is 0 Å². The summed E-state index contributed by atoms with van der Waals surface area (Å²) >= 11 is 5.80. The monoisotopic (exact) mass is 277 g/mol. The third kappa shape index (κ3) is 3.01. The van der Waals surface area contributed by atoms with E-state index in [1.54, 1.807) is 0 Å². The zero-order valence-corrected chi connectivity index (χ0v) is 12.3. The summed E-state index contributed by atoms with van der Waals surface area (Å²) in [4.78, 5) is 14.1. The molecule has 2 rings (SSSR count). The lowest BCUT2D eigenvalue weighted by Gasteiger charge is -2.30. The number of rotatable bonds is 3. The fourth-order valence-corrected chi connectivity index (χ4v) is 2.79. The van der Waals surface area contributed by atoms with E-state index < -0.39 is 0 Å². The van der Waals surface area contributed by atoms with E-state index in [1.165, 1.54) is 6.42 Å². The summed E-state index contributed by atoms with van der Waals surface area (Å²) in [5, 5.41) is 0. The highest BCUT2D eigenvalue weighted by atomic mass is 35.5. The van der Waals surface area contributed by atoms with Gasteiger partial charge in [-0.1, -0.05) is 24.3 Å². The molecule has 1 amide bonds. The van der Waals surface area contributed by atoms with Crippen molar-refractivity contribution >= 4 is 23.2 Å². The molecule has 1 aromatic carbocycles. The van der Waals surface area contributed by atoms with Crippen LogP contribution in [0.3, 0.4) is 0 Å². The SMILES string of the molecule is Cc1cccc(C)c1N(C(=O)CCl)C1=CCCCC1. The number of hydrogen-bond acceptors (Lipinski definition) is 1. The van der Waals surface area contributed by atoms with Crippen LogP contribution in [-0.4, -0.2) is 11.8 Å². The molecule has 0 atom stereocenters. The van der Waals surface area contributed by atoms with Gasteiger partial charge in [-0.25, -0.2) is 0 Å². The first-order valence-corrected chi connectivity index (χ1v) is 7.32. The van der Waals surface area contributed by atoms with Gasteiger partial charge in [-0.15, -0.1) is 11.6 Å². The van der Waals surface area contributed by atoms with Gasteiger partial charge in [0.05, 0.1) is 5.69 Å². The third-order valence-corrected chi connectivity index (χ3v) is 3.81. The number of benzene rings is 1. The number of halogens is 1. The van der Waals surface area contributed by atoms with Crippen molar-refractivity contribution in [2.75, 3.05) is 10.8 Å². The maximum Gasteiger partial charge on any atom is 0.246 e. The number of alkyl halides is 1. The van der Waals surface area contributed by atoms with Crippen LogP contribution in [0, 0.1) is 13.8 Å². The first-order chi connectivity index (χ1) is 9.15. The molecular weight excluding hydrogens is 258 g/mol. The lowest BCUT2D eigenvalue weighted by Crippen LogP contribution is -2.33. The number of amides is 1. The summed E-state index contributed by atoms with van der Waals surface area (Å²) in [6, 6.07) is 6.10. The van der Waals surface area contributed by atoms with Crippen LogP contribution < -0.4 is 4.90 Å². The fraction of sp³-hybridized carbons (Fsp3) is 0.438. The molecule has 0 heterocycles. The van der Waals surface area contributed by atoms with E-state index in [1.807, 2.05) is 36.9 Å². The Bertz CT molecular complexity index is 487. The third-order valence-electron chi connectivity index (χ3n) is 3.58. The van der Waals surface area contributed by atoms with Crippen LogP contribution >= 0.6 is 11.6 Å². The number of nitrogens with zero attached hydrogens (tertiary/aromatic N) is 1. The molecule has 102 valence electrons. The topological polar surface area (TPSA) is 20.3 Å². The van der Waals surface area contributed by atoms with Crippen molar-refractivity contribution in [1.82, 2.24) is 0 Å². The zero-order valence-electron chi connectivity index (χ0n) is 11.6. The van der Waals surface area contributed by atoms with Crippen molar-refractivity contribution in [2.45, 2.75) is 39.5 Å². The van der Waals surface area contributed by atoms with Crippen LogP contribution in [0.25, 0.3) is 0 Å². The second kappa shape index (κ2) is 6.25. The van der Waals surface area contributed by atoms with Gasteiger partial charge < -0.3 is 0 Å². The minimum Gasteiger partial charge on any atom is -0.284 e. The Morgan fingerprint density at radius 2 is 1.95 bits per heavy atom. The van der Waals surface area contributed by atoms with Gasteiger partial charge in [-0.3, -0.25) is 9.69 Å². The molecule has 2 nitrogen and oxygen atoms in total. The largest absolute Gasteiger partial charge is 0.284 e. The molecule has 0 radical (unpaired) electrons. The van der Waals surface area contributed by atoms with Crippen LogP contribution in [0.2, 0.25) is 0 Å². The Kier molecular flexibility index (Phi) is 4.65. The number of anilines is 1. The lowest BCUT2D eigenvalue weighted by atomic mass is 10.0. The molecule has 0 N–H and O–H groups in total. The van der Waals surface area contributed by atoms with Gasteiger partial charge in [0.15, 0.2) is 0 Å². The minimum absolute atomic E-state index is 0.0190. The smallest absolute Gasteiger partial charge is 0.246 e. The molecule has 3 heteroatoms. The van der Waals surface area contributed by atoms with E-state index in [2.05, 4.69) is 6.08 Å². The number of para-hydroxylation sites is 1. The summed E-state index contributed by atoms with van der Waals surface area (Å²) in [6.45, 7) is 4.08. The Morgan fingerprint density at radius 3 is 2.47 bits per heavy atom. The van der Waals surface area contributed by atoms with E-state index in [4.69, 9.17) is 11.6 Å². The van der Waals surface area contributed by atoms with Crippen LogP contribution in [0.15, 0.2) is 30.0 Å². The summed E-state index contributed by atoms with van der Waals surface area (Å²) in [5.74, 6) is -0.0160. The van der Waals surface area contributed by atoms with E-state index in [-0.39, 0.29) is 11.8 Å². The Labute approximate surface area is 120 Å². The molecule has 0 aromatic heterocycles. The molecule has 0 saturated carbocycles. The van der Waals surface area contributed by atoms with Crippen molar-refractivity contribution < 1.29 is 4.79 Å². The van der Waals surface area contributed by atoms with Gasteiger partial charge in [-0.05, 0) is 50.7 Å². The second-order valence-electron chi connectivity index (χ2n) is 5.04. The van der Waals surface area contributed by atoms with Gasteiger partial charge >= 0.3 is 0 Å². The zero-order chi connectivity index (χ0) is 13.8. The standard InChI is InChI=1S/C16H20ClNO/c1-12-7-6-8-13(2)16(12)18(15(19)11-17)14-9-4-3-5-10-14/h6-9H,3-5,10-11H2,1-2H3. The average Bonchev–Trinajstić information content (AvgIpc) is 2.43. The Hall–Kier alpha value is -1.28. The highest BCUT2D eigenvalue weighted by Crippen LogP contribution is 2.32. The predicted molar refractivity (Wildman–Crippen MR) is 80.7 cm³/mol. The molecule has 0 fully saturated rings. The molecule has 1 aliphatic carbocycles. The van der Waals surface area contributed by atoms with E-state index >= 15 is 0 Å². The summed E-state index contributed by atoms with van der Waals surface area (Å²) in [6.07, 6.45) is 6.53. The van der Waals surface area contributed by atoms with Crippen molar-refractivity contribution in [3.8, 4) is 0 Å². The highest BCUT2D eigenvalue weighted by Gasteiger charge is 2.23. The molecule has 1 aliphatic rings. The Balaban J connectivity index is 2.49. The minimum atomic E-state index is -0.0350. The number of hydrogen-bond donors (Lipinski definition) is 0. The normalized spacial score (nSPS) is 15.0. The van der Waals surface area contributed by atoms with Crippen molar-refractivity contribution in [3.63, 3.8) is 0 Å². The van der Waals surface area contributed by atoms with Crippen LogP contribution in [0.5, 0.6) is 0 Å². The predicted octanol–water partition coefficient (Wildman–Crippen LogP) is 4.33. The molecule has 0 unspecified atom stereocenters. The lowest BCUT2D eigenvalue weighted by molar-refractivity contribution is -0.115. The molecule has 1 aromatic rings. The van der Waals surface area contributed by atoms with Crippen LogP contribution in [-0.2, 0) is 4.79 Å². The molecule has 0 saturated heterocycles. The van der Waals surface area contributed by atoms with Gasteiger partial charge in [0.1, 0.15) is 5.88 Å². The fourth-order valence-electron chi connectivity index (χ4n) is 2.67. The van der Waals surface area contributed by atoms with Gasteiger partial charge in [0.2, 0.25) is 5.91 Å². The quantitative estimate of drug-likeness (QED) is 0.753. The van der Waals surface area contributed by atoms with Gasteiger partial charge in [-0.2, -0.15) is 0 Å². The van der Waals surface area contributed by atoms with Crippen molar-refractivity contribution in [3.05, 3.63) is 41.1 Å². The van der Waals surface area contributed by atoms with E-state index in [9.17, 15) is 4.79 Å².